The van der Waals surface area contributed by atoms with Crippen molar-refractivity contribution in [1.82, 2.24) is 0 Å². The van der Waals surface area contributed by atoms with Crippen LogP contribution in [0.4, 0.5) is 5.69 Å². The number of rotatable bonds is 4. The Hall–Kier alpha value is -2.20. The van der Waals surface area contributed by atoms with Crippen LogP contribution in [-0.4, -0.2) is 17.6 Å². The molecule has 1 amide bonds. The van der Waals surface area contributed by atoms with Crippen LogP contribution in [0.2, 0.25) is 5.02 Å². The highest BCUT2D eigenvalue weighted by Gasteiger charge is 2.03. The topological polar surface area (TPSA) is 58.6 Å². The van der Waals surface area contributed by atoms with Crippen LogP contribution in [0.3, 0.4) is 0 Å². The van der Waals surface area contributed by atoms with E-state index >= 15 is 0 Å². The average molecular weight is 278 g/mol. The number of aromatic hydroxyl groups is 1. The maximum absolute atomic E-state index is 11.6. The summed E-state index contributed by atoms with van der Waals surface area (Å²) in [4.78, 5) is 11.6. The summed E-state index contributed by atoms with van der Waals surface area (Å²) in [5.74, 6) is 0.400. The fourth-order valence-corrected chi connectivity index (χ4v) is 1.55. The Balaban J connectivity index is 1.84. The van der Waals surface area contributed by atoms with Crippen molar-refractivity contribution in [2.45, 2.75) is 0 Å². The van der Waals surface area contributed by atoms with E-state index in [0.717, 1.165) is 0 Å². The van der Waals surface area contributed by atoms with E-state index in [1.165, 1.54) is 12.1 Å². The van der Waals surface area contributed by atoms with Crippen molar-refractivity contribution in [2.75, 3.05) is 11.9 Å². The number of anilines is 1. The number of phenolic OH excluding ortho intramolecular Hbond substituents is 1. The lowest BCUT2D eigenvalue weighted by Gasteiger charge is -2.07. The monoisotopic (exact) mass is 277 g/mol. The zero-order valence-electron chi connectivity index (χ0n) is 9.97. The Bertz CT molecular complexity index is 552. The van der Waals surface area contributed by atoms with Crippen molar-refractivity contribution in [1.29, 1.82) is 0 Å². The number of halogens is 1. The Labute approximate surface area is 115 Å². The predicted octanol–water partition coefficient (Wildman–Crippen LogP) is 3.06. The number of amides is 1. The molecule has 0 bridgehead atoms. The van der Waals surface area contributed by atoms with Crippen LogP contribution in [-0.2, 0) is 4.79 Å². The number of hydrogen-bond acceptors (Lipinski definition) is 3. The van der Waals surface area contributed by atoms with E-state index in [9.17, 15) is 4.79 Å². The van der Waals surface area contributed by atoms with Crippen LogP contribution >= 0.6 is 11.6 Å². The van der Waals surface area contributed by atoms with Gasteiger partial charge in [-0.05, 0) is 48.5 Å². The van der Waals surface area contributed by atoms with Gasteiger partial charge in [0.15, 0.2) is 6.61 Å². The standard InChI is InChI=1S/C14H12ClNO3/c15-10-1-3-11(4-2-10)16-14(18)9-19-13-7-5-12(17)6-8-13/h1-8,17H,9H2,(H,16,18). The number of nitrogens with one attached hydrogen (secondary N) is 1. The summed E-state index contributed by atoms with van der Waals surface area (Å²) in [7, 11) is 0. The second-order valence-corrected chi connectivity index (χ2v) is 4.27. The van der Waals surface area contributed by atoms with Crippen molar-refractivity contribution < 1.29 is 14.6 Å². The zero-order valence-corrected chi connectivity index (χ0v) is 10.7. The first-order valence-electron chi connectivity index (χ1n) is 5.61. The second-order valence-electron chi connectivity index (χ2n) is 3.84. The molecule has 0 aliphatic heterocycles. The van der Waals surface area contributed by atoms with Crippen molar-refractivity contribution in [3.8, 4) is 11.5 Å². The molecule has 2 rings (SSSR count). The third-order valence-corrected chi connectivity index (χ3v) is 2.59. The summed E-state index contributed by atoms with van der Waals surface area (Å²) >= 11 is 5.74. The summed E-state index contributed by atoms with van der Waals surface area (Å²) in [6.45, 7) is -0.104. The van der Waals surface area contributed by atoms with E-state index < -0.39 is 0 Å². The fourth-order valence-electron chi connectivity index (χ4n) is 1.42. The maximum atomic E-state index is 11.6. The molecule has 2 aromatic rings. The summed E-state index contributed by atoms with van der Waals surface area (Å²) in [6, 6.07) is 13.0. The molecule has 0 aliphatic carbocycles. The Morgan fingerprint density at radius 1 is 1.11 bits per heavy atom. The molecule has 2 aromatic carbocycles. The molecule has 0 unspecified atom stereocenters. The van der Waals surface area contributed by atoms with Crippen LogP contribution in [0.15, 0.2) is 48.5 Å². The quantitative estimate of drug-likeness (QED) is 0.903. The highest BCUT2D eigenvalue weighted by molar-refractivity contribution is 6.30. The predicted molar refractivity (Wildman–Crippen MR) is 73.7 cm³/mol. The van der Waals surface area contributed by atoms with Crippen LogP contribution in [0.25, 0.3) is 0 Å². The molecule has 0 saturated carbocycles. The zero-order chi connectivity index (χ0) is 13.7. The lowest BCUT2D eigenvalue weighted by Crippen LogP contribution is -2.20. The van der Waals surface area contributed by atoms with Crippen LogP contribution < -0.4 is 10.1 Å². The third-order valence-electron chi connectivity index (χ3n) is 2.33. The fraction of sp³-hybridized carbons (Fsp3) is 0.0714. The Kier molecular flexibility index (Phi) is 4.26. The van der Waals surface area contributed by atoms with Gasteiger partial charge in [0.2, 0.25) is 0 Å². The minimum atomic E-state index is -0.268. The highest BCUT2D eigenvalue weighted by Crippen LogP contribution is 2.16. The SMILES string of the molecule is O=C(COc1ccc(O)cc1)Nc1ccc(Cl)cc1. The van der Waals surface area contributed by atoms with Gasteiger partial charge in [-0.1, -0.05) is 11.6 Å². The van der Waals surface area contributed by atoms with Gasteiger partial charge < -0.3 is 15.2 Å². The van der Waals surface area contributed by atoms with Gasteiger partial charge in [-0.3, -0.25) is 4.79 Å². The van der Waals surface area contributed by atoms with Gasteiger partial charge in [0.05, 0.1) is 0 Å². The molecular weight excluding hydrogens is 266 g/mol. The van der Waals surface area contributed by atoms with Crippen molar-refractivity contribution >= 4 is 23.2 Å². The minimum Gasteiger partial charge on any atom is -0.508 e. The molecule has 4 nitrogen and oxygen atoms in total. The molecule has 0 heterocycles. The van der Waals surface area contributed by atoms with Gasteiger partial charge >= 0.3 is 0 Å². The second kappa shape index (κ2) is 6.11. The molecule has 98 valence electrons. The summed E-state index contributed by atoms with van der Waals surface area (Å²) in [5.41, 5.74) is 0.656. The van der Waals surface area contributed by atoms with Gasteiger partial charge in [0.1, 0.15) is 11.5 Å². The molecule has 0 fully saturated rings. The molecule has 19 heavy (non-hydrogen) atoms. The lowest BCUT2D eigenvalue weighted by atomic mass is 10.3. The average Bonchev–Trinajstić information content (AvgIpc) is 2.41. The van der Waals surface area contributed by atoms with Gasteiger partial charge in [-0.25, -0.2) is 0 Å². The van der Waals surface area contributed by atoms with Crippen molar-refractivity contribution in [3.63, 3.8) is 0 Å². The molecule has 5 heteroatoms. The largest absolute Gasteiger partial charge is 0.508 e. The van der Waals surface area contributed by atoms with Gasteiger partial charge in [-0.2, -0.15) is 0 Å². The Morgan fingerprint density at radius 2 is 1.74 bits per heavy atom. The number of phenols is 1. The van der Waals surface area contributed by atoms with E-state index in [-0.39, 0.29) is 18.3 Å². The minimum absolute atomic E-state index is 0.104. The number of carbonyl (C=O) groups is 1. The number of hydrogen-bond donors (Lipinski definition) is 2. The number of carbonyl (C=O) groups excluding carboxylic acids is 1. The molecule has 2 N–H and O–H groups in total. The number of benzene rings is 2. The first-order chi connectivity index (χ1) is 9.13. The normalized spacial score (nSPS) is 9.95. The molecule has 0 atom stereocenters. The van der Waals surface area contributed by atoms with Crippen molar-refractivity contribution in [2.24, 2.45) is 0 Å². The van der Waals surface area contributed by atoms with Crippen LogP contribution in [0, 0.1) is 0 Å². The van der Waals surface area contributed by atoms with E-state index in [1.54, 1.807) is 36.4 Å². The summed E-state index contributed by atoms with van der Waals surface area (Å²) < 4.78 is 5.27. The molecule has 0 aliphatic rings. The van der Waals surface area contributed by atoms with E-state index in [2.05, 4.69) is 5.32 Å². The molecule has 0 saturated heterocycles. The first-order valence-corrected chi connectivity index (χ1v) is 5.98. The van der Waals surface area contributed by atoms with E-state index in [4.69, 9.17) is 21.4 Å². The van der Waals surface area contributed by atoms with Crippen LogP contribution in [0.1, 0.15) is 0 Å². The molecule has 0 radical (unpaired) electrons. The third kappa shape index (κ3) is 4.19. The molecular formula is C14H12ClNO3. The summed E-state index contributed by atoms with van der Waals surface area (Å²) in [6.07, 6.45) is 0. The molecule has 0 aromatic heterocycles. The summed E-state index contributed by atoms with van der Waals surface area (Å²) in [5, 5.41) is 12.4. The van der Waals surface area contributed by atoms with Gasteiger partial charge in [0.25, 0.3) is 5.91 Å². The maximum Gasteiger partial charge on any atom is 0.262 e. The van der Waals surface area contributed by atoms with E-state index in [1.807, 2.05) is 0 Å². The van der Waals surface area contributed by atoms with Gasteiger partial charge in [-0.15, -0.1) is 0 Å². The lowest BCUT2D eigenvalue weighted by molar-refractivity contribution is -0.118. The smallest absolute Gasteiger partial charge is 0.262 e. The highest BCUT2D eigenvalue weighted by atomic mass is 35.5. The molecule has 0 spiro atoms. The first kappa shape index (κ1) is 13.2. The Morgan fingerprint density at radius 3 is 2.37 bits per heavy atom. The van der Waals surface area contributed by atoms with E-state index in [0.29, 0.717) is 16.5 Å². The number of ether oxygens (including phenoxy) is 1. The van der Waals surface area contributed by atoms with Gasteiger partial charge in [0, 0.05) is 10.7 Å². The van der Waals surface area contributed by atoms with Crippen LogP contribution in [0.5, 0.6) is 11.5 Å². The van der Waals surface area contributed by atoms with Crippen molar-refractivity contribution in [3.05, 3.63) is 53.6 Å².